The molecule has 0 amide bonds. The standard InChI is InChI=1S/C16H23ClN2O/c17-13-4-3-5-14(12-13)18-8-10-19(11-9-18)15-6-1-2-7-16(15)20/h3-5,12,15-16,20H,1-2,6-11H2. The molecule has 2 unspecified atom stereocenters. The molecule has 2 atom stereocenters. The first-order valence-electron chi connectivity index (χ1n) is 7.67. The van der Waals surface area contributed by atoms with Crippen LogP contribution in [0.25, 0.3) is 0 Å². The van der Waals surface area contributed by atoms with Gasteiger partial charge in [0, 0.05) is 42.9 Å². The van der Waals surface area contributed by atoms with E-state index < -0.39 is 0 Å². The van der Waals surface area contributed by atoms with Crippen molar-refractivity contribution in [2.24, 2.45) is 0 Å². The normalized spacial score (nSPS) is 28.6. The zero-order valence-electron chi connectivity index (χ0n) is 11.8. The second-order valence-corrected chi connectivity index (χ2v) is 6.36. The van der Waals surface area contributed by atoms with Crippen LogP contribution in [0.2, 0.25) is 5.02 Å². The van der Waals surface area contributed by atoms with Crippen LogP contribution < -0.4 is 4.90 Å². The molecule has 3 nitrogen and oxygen atoms in total. The third-order valence-corrected chi connectivity index (χ3v) is 4.89. The van der Waals surface area contributed by atoms with E-state index in [4.69, 9.17) is 11.6 Å². The first kappa shape index (κ1) is 14.2. The number of nitrogens with zero attached hydrogens (tertiary/aromatic N) is 2. The van der Waals surface area contributed by atoms with Crippen molar-refractivity contribution in [3.8, 4) is 0 Å². The number of rotatable bonds is 2. The number of piperazine rings is 1. The Morgan fingerprint density at radius 2 is 1.80 bits per heavy atom. The van der Waals surface area contributed by atoms with Gasteiger partial charge in [-0.3, -0.25) is 4.90 Å². The largest absolute Gasteiger partial charge is 0.391 e. The minimum Gasteiger partial charge on any atom is -0.391 e. The average molecular weight is 295 g/mol. The highest BCUT2D eigenvalue weighted by Crippen LogP contribution is 2.26. The third-order valence-electron chi connectivity index (χ3n) is 4.65. The van der Waals surface area contributed by atoms with E-state index in [9.17, 15) is 5.11 Å². The second kappa shape index (κ2) is 6.33. The summed E-state index contributed by atoms with van der Waals surface area (Å²) < 4.78 is 0. The molecule has 110 valence electrons. The van der Waals surface area contributed by atoms with Crippen LogP contribution in [-0.2, 0) is 0 Å². The molecule has 1 aliphatic heterocycles. The molecule has 0 aromatic heterocycles. The van der Waals surface area contributed by atoms with E-state index in [-0.39, 0.29) is 6.10 Å². The summed E-state index contributed by atoms with van der Waals surface area (Å²) in [6, 6.07) is 8.46. The molecule has 1 aromatic rings. The van der Waals surface area contributed by atoms with Crippen LogP contribution in [-0.4, -0.2) is 48.3 Å². The van der Waals surface area contributed by atoms with Gasteiger partial charge >= 0.3 is 0 Å². The average Bonchev–Trinajstić information content (AvgIpc) is 2.48. The fourth-order valence-corrected chi connectivity index (χ4v) is 3.69. The smallest absolute Gasteiger partial charge is 0.0695 e. The van der Waals surface area contributed by atoms with Gasteiger partial charge in [0.2, 0.25) is 0 Å². The molecular weight excluding hydrogens is 272 g/mol. The number of benzene rings is 1. The van der Waals surface area contributed by atoms with Crippen LogP contribution in [0.15, 0.2) is 24.3 Å². The summed E-state index contributed by atoms with van der Waals surface area (Å²) in [5.41, 5.74) is 1.21. The lowest BCUT2D eigenvalue weighted by molar-refractivity contribution is 0.0173. The SMILES string of the molecule is OC1CCCCC1N1CCN(c2cccc(Cl)c2)CC1. The van der Waals surface area contributed by atoms with Crippen molar-refractivity contribution in [1.29, 1.82) is 0 Å². The molecule has 3 rings (SSSR count). The molecule has 4 heteroatoms. The van der Waals surface area contributed by atoms with Crippen LogP contribution in [0.1, 0.15) is 25.7 Å². The minimum atomic E-state index is -0.124. The van der Waals surface area contributed by atoms with Gasteiger partial charge in [0.15, 0.2) is 0 Å². The molecule has 0 spiro atoms. The van der Waals surface area contributed by atoms with Crippen molar-refractivity contribution in [3.05, 3.63) is 29.3 Å². The minimum absolute atomic E-state index is 0.124. The fourth-order valence-electron chi connectivity index (χ4n) is 3.50. The van der Waals surface area contributed by atoms with Crippen molar-refractivity contribution in [2.45, 2.75) is 37.8 Å². The van der Waals surface area contributed by atoms with Gasteiger partial charge in [-0.25, -0.2) is 0 Å². The summed E-state index contributed by atoms with van der Waals surface area (Å²) in [6.45, 7) is 4.11. The van der Waals surface area contributed by atoms with Crippen molar-refractivity contribution in [3.63, 3.8) is 0 Å². The lowest BCUT2D eigenvalue weighted by Crippen LogP contribution is -2.54. The van der Waals surface area contributed by atoms with E-state index in [1.807, 2.05) is 18.2 Å². The van der Waals surface area contributed by atoms with Gasteiger partial charge in [0.1, 0.15) is 0 Å². The highest BCUT2D eigenvalue weighted by Gasteiger charge is 2.30. The van der Waals surface area contributed by atoms with Crippen LogP contribution in [0, 0.1) is 0 Å². The molecule has 1 heterocycles. The van der Waals surface area contributed by atoms with E-state index in [0.717, 1.165) is 44.0 Å². The molecule has 1 aromatic carbocycles. The summed E-state index contributed by atoms with van der Waals surface area (Å²) in [6.07, 6.45) is 4.44. The van der Waals surface area contributed by atoms with Gasteiger partial charge < -0.3 is 10.0 Å². The number of aliphatic hydroxyl groups excluding tert-OH is 1. The lowest BCUT2D eigenvalue weighted by atomic mass is 9.91. The number of halogens is 1. The Hall–Kier alpha value is -0.770. The van der Waals surface area contributed by atoms with Gasteiger partial charge in [-0.1, -0.05) is 30.5 Å². The Morgan fingerprint density at radius 1 is 1.05 bits per heavy atom. The van der Waals surface area contributed by atoms with Crippen molar-refractivity contribution >= 4 is 17.3 Å². The first-order chi connectivity index (χ1) is 9.74. The van der Waals surface area contributed by atoms with E-state index >= 15 is 0 Å². The Kier molecular flexibility index (Phi) is 4.49. The summed E-state index contributed by atoms with van der Waals surface area (Å²) in [5.74, 6) is 0. The van der Waals surface area contributed by atoms with Crippen LogP contribution in [0.3, 0.4) is 0 Å². The Balaban J connectivity index is 1.59. The second-order valence-electron chi connectivity index (χ2n) is 5.92. The van der Waals surface area contributed by atoms with E-state index in [1.54, 1.807) is 0 Å². The number of hydrogen-bond donors (Lipinski definition) is 1. The van der Waals surface area contributed by atoms with Gasteiger partial charge in [-0.15, -0.1) is 0 Å². The quantitative estimate of drug-likeness (QED) is 0.908. The lowest BCUT2D eigenvalue weighted by Gasteiger charge is -2.43. The van der Waals surface area contributed by atoms with E-state index in [0.29, 0.717) is 6.04 Å². The van der Waals surface area contributed by atoms with Crippen LogP contribution in [0.5, 0.6) is 0 Å². The van der Waals surface area contributed by atoms with Crippen molar-refractivity contribution in [1.82, 2.24) is 4.90 Å². The maximum absolute atomic E-state index is 10.2. The highest BCUT2D eigenvalue weighted by atomic mass is 35.5. The summed E-state index contributed by atoms with van der Waals surface area (Å²) in [4.78, 5) is 4.86. The van der Waals surface area contributed by atoms with Crippen molar-refractivity contribution in [2.75, 3.05) is 31.1 Å². The maximum Gasteiger partial charge on any atom is 0.0695 e. The molecule has 2 fully saturated rings. The fraction of sp³-hybridized carbons (Fsp3) is 0.625. The monoisotopic (exact) mass is 294 g/mol. The van der Waals surface area contributed by atoms with Gasteiger partial charge in [0.25, 0.3) is 0 Å². The maximum atomic E-state index is 10.2. The summed E-state index contributed by atoms with van der Waals surface area (Å²) >= 11 is 6.06. The predicted octanol–water partition coefficient (Wildman–Crippen LogP) is 2.77. The summed E-state index contributed by atoms with van der Waals surface area (Å²) in [5, 5.41) is 11.0. The van der Waals surface area contributed by atoms with Crippen LogP contribution >= 0.6 is 11.6 Å². The molecule has 1 saturated heterocycles. The third kappa shape index (κ3) is 3.11. The molecule has 0 radical (unpaired) electrons. The van der Waals surface area contributed by atoms with E-state index in [2.05, 4.69) is 15.9 Å². The van der Waals surface area contributed by atoms with Crippen LogP contribution in [0.4, 0.5) is 5.69 Å². The number of hydrogen-bond acceptors (Lipinski definition) is 3. The molecule has 1 saturated carbocycles. The Labute approximate surface area is 126 Å². The predicted molar refractivity (Wildman–Crippen MR) is 83.5 cm³/mol. The molecule has 20 heavy (non-hydrogen) atoms. The van der Waals surface area contributed by atoms with Gasteiger partial charge in [-0.05, 0) is 31.0 Å². The summed E-state index contributed by atoms with van der Waals surface area (Å²) in [7, 11) is 0. The molecule has 0 bridgehead atoms. The Bertz CT molecular complexity index is 446. The molecule has 1 aliphatic carbocycles. The molecular formula is C16H23ClN2O. The molecule has 2 aliphatic rings. The van der Waals surface area contributed by atoms with Crippen molar-refractivity contribution < 1.29 is 5.11 Å². The zero-order valence-corrected chi connectivity index (χ0v) is 12.6. The van der Waals surface area contributed by atoms with E-state index in [1.165, 1.54) is 18.5 Å². The van der Waals surface area contributed by atoms with Gasteiger partial charge in [-0.2, -0.15) is 0 Å². The molecule has 1 N–H and O–H groups in total. The number of aliphatic hydroxyl groups is 1. The number of anilines is 1. The highest BCUT2D eigenvalue weighted by molar-refractivity contribution is 6.30. The zero-order chi connectivity index (χ0) is 13.9. The first-order valence-corrected chi connectivity index (χ1v) is 8.04. The topological polar surface area (TPSA) is 26.7 Å². The van der Waals surface area contributed by atoms with Gasteiger partial charge in [0.05, 0.1) is 6.10 Å². The Morgan fingerprint density at radius 3 is 2.50 bits per heavy atom.